The molecule has 0 bridgehead atoms. The lowest BCUT2D eigenvalue weighted by Gasteiger charge is -2.14. The molecule has 2 rings (SSSR count). The van der Waals surface area contributed by atoms with Crippen molar-refractivity contribution in [3.63, 3.8) is 0 Å². The molecular formula is C19H19ClFNO3. The minimum atomic E-state index is -1.05. The molecule has 0 unspecified atom stereocenters. The summed E-state index contributed by atoms with van der Waals surface area (Å²) >= 11 is 5.66. The van der Waals surface area contributed by atoms with Gasteiger partial charge in [0.2, 0.25) is 0 Å². The summed E-state index contributed by atoms with van der Waals surface area (Å²) in [5.74, 6) is -1.80. The molecule has 0 spiro atoms. The topological polar surface area (TPSA) is 55.4 Å². The number of benzene rings is 2. The van der Waals surface area contributed by atoms with Crippen LogP contribution in [0.15, 0.2) is 36.4 Å². The van der Waals surface area contributed by atoms with Crippen LogP contribution in [0.4, 0.5) is 10.1 Å². The third kappa shape index (κ3) is 5.29. The number of anilines is 1. The largest absolute Gasteiger partial charge is 0.452 e. The molecule has 0 aliphatic rings. The normalized spacial score (nSPS) is 11.7. The van der Waals surface area contributed by atoms with Crippen LogP contribution in [0.2, 0.25) is 5.02 Å². The summed E-state index contributed by atoms with van der Waals surface area (Å²) in [5, 5.41) is 2.60. The average molecular weight is 364 g/mol. The van der Waals surface area contributed by atoms with Crippen molar-refractivity contribution in [1.29, 1.82) is 0 Å². The van der Waals surface area contributed by atoms with E-state index in [1.54, 1.807) is 0 Å². The van der Waals surface area contributed by atoms with Gasteiger partial charge >= 0.3 is 5.97 Å². The number of halogens is 2. The van der Waals surface area contributed by atoms with Crippen LogP contribution in [0.25, 0.3) is 0 Å². The molecule has 2 aromatic carbocycles. The first-order valence-corrected chi connectivity index (χ1v) is 8.15. The second kappa shape index (κ2) is 8.12. The lowest BCUT2D eigenvalue weighted by molar-refractivity contribution is -0.152. The Balaban J connectivity index is 1.93. The minimum Gasteiger partial charge on any atom is -0.452 e. The number of carbonyl (C=O) groups is 2. The molecule has 6 heteroatoms. The van der Waals surface area contributed by atoms with Gasteiger partial charge in [-0.1, -0.05) is 29.8 Å². The molecule has 0 aliphatic carbocycles. The predicted octanol–water partition coefficient (Wildman–Crippen LogP) is 4.21. The molecule has 2 aromatic rings. The fraction of sp³-hybridized carbons (Fsp3) is 0.263. The number of nitrogens with one attached hydrogen (secondary N) is 1. The Morgan fingerprint density at radius 2 is 1.88 bits per heavy atom. The first-order chi connectivity index (χ1) is 11.8. The molecule has 25 heavy (non-hydrogen) atoms. The van der Waals surface area contributed by atoms with E-state index in [1.807, 2.05) is 32.0 Å². The molecule has 1 amide bonds. The maximum absolute atomic E-state index is 13.7. The fourth-order valence-electron chi connectivity index (χ4n) is 2.20. The van der Waals surface area contributed by atoms with Gasteiger partial charge in [-0.25, -0.2) is 4.39 Å². The summed E-state index contributed by atoms with van der Waals surface area (Å²) < 4.78 is 18.8. The van der Waals surface area contributed by atoms with Crippen LogP contribution in [0.1, 0.15) is 23.6 Å². The Hall–Kier alpha value is -2.40. The molecule has 0 fully saturated rings. The molecule has 0 radical (unpaired) electrons. The van der Waals surface area contributed by atoms with Crippen molar-refractivity contribution in [3.05, 3.63) is 63.9 Å². The Morgan fingerprint density at radius 1 is 1.16 bits per heavy atom. The van der Waals surface area contributed by atoms with Gasteiger partial charge in [0.25, 0.3) is 5.91 Å². The van der Waals surface area contributed by atoms with E-state index >= 15 is 0 Å². The first kappa shape index (κ1) is 18.9. The van der Waals surface area contributed by atoms with Gasteiger partial charge in [0, 0.05) is 5.02 Å². The van der Waals surface area contributed by atoms with Crippen molar-refractivity contribution in [2.24, 2.45) is 0 Å². The third-order valence-electron chi connectivity index (χ3n) is 3.79. The van der Waals surface area contributed by atoms with E-state index in [2.05, 4.69) is 5.32 Å². The Kier molecular flexibility index (Phi) is 6.15. The van der Waals surface area contributed by atoms with Crippen molar-refractivity contribution >= 4 is 29.2 Å². The summed E-state index contributed by atoms with van der Waals surface area (Å²) in [4.78, 5) is 24.0. The number of hydrogen-bond donors (Lipinski definition) is 1. The number of hydrogen-bond acceptors (Lipinski definition) is 3. The number of amides is 1. The number of esters is 1. The number of carbonyl (C=O) groups excluding carboxylic acids is 2. The van der Waals surface area contributed by atoms with Gasteiger partial charge in [-0.15, -0.1) is 0 Å². The Morgan fingerprint density at radius 3 is 2.52 bits per heavy atom. The van der Waals surface area contributed by atoms with E-state index < -0.39 is 23.8 Å². The van der Waals surface area contributed by atoms with Crippen molar-refractivity contribution in [3.8, 4) is 0 Å². The molecule has 4 nitrogen and oxygen atoms in total. The van der Waals surface area contributed by atoms with Crippen LogP contribution in [-0.4, -0.2) is 18.0 Å². The van der Waals surface area contributed by atoms with E-state index in [-0.39, 0.29) is 17.1 Å². The van der Waals surface area contributed by atoms with E-state index in [1.165, 1.54) is 19.1 Å². The second-order valence-corrected chi connectivity index (χ2v) is 6.28. The summed E-state index contributed by atoms with van der Waals surface area (Å²) in [6.07, 6.45) is -0.984. The maximum atomic E-state index is 13.7. The van der Waals surface area contributed by atoms with Crippen LogP contribution in [-0.2, 0) is 20.7 Å². The van der Waals surface area contributed by atoms with Gasteiger partial charge in [-0.05, 0) is 55.7 Å². The van der Waals surface area contributed by atoms with E-state index in [0.29, 0.717) is 0 Å². The predicted molar refractivity (Wildman–Crippen MR) is 95.2 cm³/mol. The number of ether oxygens (including phenoxy) is 1. The maximum Gasteiger partial charge on any atom is 0.311 e. The lowest BCUT2D eigenvalue weighted by Crippen LogP contribution is -2.30. The molecule has 0 heterocycles. The zero-order chi connectivity index (χ0) is 18.6. The molecule has 0 aliphatic heterocycles. The smallest absolute Gasteiger partial charge is 0.311 e. The van der Waals surface area contributed by atoms with Gasteiger partial charge < -0.3 is 10.1 Å². The lowest BCUT2D eigenvalue weighted by atomic mass is 10.0. The molecular weight excluding hydrogens is 345 g/mol. The number of aryl methyl sites for hydroxylation is 2. The quantitative estimate of drug-likeness (QED) is 0.809. The summed E-state index contributed by atoms with van der Waals surface area (Å²) in [6.45, 7) is 5.38. The molecule has 132 valence electrons. The van der Waals surface area contributed by atoms with Crippen LogP contribution >= 0.6 is 11.6 Å². The molecule has 0 saturated carbocycles. The Bertz CT molecular complexity index is 807. The van der Waals surface area contributed by atoms with Crippen molar-refractivity contribution in [2.45, 2.75) is 33.3 Å². The molecule has 1 atom stereocenters. The van der Waals surface area contributed by atoms with Crippen LogP contribution in [0.3, 0.4) is 0 Å². The highest BCUT2D eigenvalue weighted by Crippen LogP contribution is 2.19. The molecule has 1 N–H and O–H groups in total. The minimum absolute atomic E-state index is 0.0218. The standard InChI is InChI=1S/C19H19ClFNO3/c1-11-4-5-14(8-12(11)2)9-18(23)25-13(3)19(24)22-17-7-6-15(20)10-16(17)21/h4-8,10,13H,9H2,1-3H3,(H,22,24)/t13-/m1/s1. The molecule has 0 saturated heterocycles. The van der Waals surface area contributed by atoms with E-state index in [0.717, 1.165) is 22.8 Å². The highest BCUT2D eigenvalue weighted by molar-refractivity contribution is 6.30. The average Bonchev–Trinajstić information content (AvgIpc) is 2.53. The molecule has 0 aromatic heterocycles. The van der Waals surface area contributed by atoms with E-state index in [9.17, 15) is 14.0 Å². The fourth-order valence-corrected chi connectivity index (χ4v) is 2.36. The van der Waals surface area contributed by atoms with Crippen molar-refractivity contribution in [2.75, 3.05) is 5.32 Å². The van der Waals surface area contributed by atoms with Gasteiger partial charge in [0.1, 0.15) is 5.82 Å². The summed E-state index contributed by atoms with van der Waals surface area (Å²) in [7, 11) is 0. The number of rotatable bonds is 5. The van der Waals surface area contributed by atoms with Gasteiger partial charge in [-0.2, -0.15) is 0 Å². The van der Waals surface area contributed by atoms with E-state index in [4.69, 9.17) is 16.3 Å². The summed E-state index contributed by atoms with van der Waals surface area (Å²) in [6, 6.07) is 9.57. The summed E-state index contributed by atoms with van der Waals surface area (Å²) in [5.41, 5.74) is 3.00. The zero-order valence-corrected chi connectivity index (χ0v) is 15.0. The van der Waals surface area contributed by atoms with Crippen LogP contribution in [0, 0.1) is 19.7 Å². The second-order valence-electron chi connectivity index (χ2n) is 5.84. The monoisotopic (exact) mass is 363 g/mol. The van der Waals surface area contributed by atoms with Crippen molar-refractivity contribution < 1.29 is 18.7 Å². The van der Waals surface area contributed by atoms with Crippen molar-refractivity contribution in [1.82, 2.24) is 0 Å². The zero-order valence-electron chi connectivity index (χ0n) is 14.2. The van der Waals surface area contributed by atoms with Gasteiger partial charge in [0.15, 0.2) is 6.10 Å². The highest BCUT2D eigenvalue weighted by Gasteiger charge is 2.19. The van der Waals surface area contributed by atoms with Crippen LogP contribution < -0.4 is 5.32 Å². The highest BCUT2D eigenvalue weighted by atomic mass is 35.5. The Labute approximate surface area is 150 Å². The van der Waals surface area contributed by atoms with Gasteiger partial charge in [-0.3, -0.25) is 9.59 Å². The van der Waals surface area contributed by atoms with Crippen LogP contribution in [0.5, 0.6) is 0 Å². The SMILES string of the molecule is Cc1ccc(CC(=O)O[C@H](C)C(=O)Nc2ccc(Cl)cc2F)cc1C. The first-order valence-electron chi connectivity index (χ1n) is 7.78. The third-order valence-corrected chi connectivity index (χ3v) is 4.02. The van der Waals surface area contributed by atoms with Gasteiger partial charge in [0.05, 0.1) is 12.1 Å².